The summed E-state index contributed by atoms with van der Waals surface area (Å²) in [5.41, 5.74) is 9.64. The number of hydrogen-bond donors (Lipinski definition) is 0. The normalized spacial score (nSPS) is 11.6. The zero-order valence-electron chi connectivity index (χ0n) is 27.0. The quantitative estimate of drug-likeness (QED) is 0.188. The standard InChI is InChI=1S/C45H29N5/c1-4-15-30(16-5-1)33-21-14-22-34(29-33)49-39-25-12-10-23-35(39)37-27-28-38-36-24-11-13-26-40(36)50(42(38)41(37)49)45-47-43(31-17-6-2-7-18-31)46-44(48-45)32-19-8-3-9-20-32/h1-29H. The van der Waals surface area contributed by atoms with Gasteiger partial charge in [0.1, 0.15) is 0 Å². The highest BCUT2D eigenvalue weighted by molar-refractivity contribution is 6.23. The first kappa shape index (κ1) is 28.2. The molecule has 7 aromatic carbocycles. The summed E-state index contributed by atoms with van der Waals surface area (Å²) in [4.78, 5) is 15.4. The Morgan fingerprint density at radius 1 is 0.320 bits per heavy atom. The van der Waals surface area contributed by atoms with Gasteiger partial charge in [0.25, 0.3) is 0 Å². The molecule has 3 aromatic heterocycles. The Balaban J connectivity index is 1.35. The molecular formula is C45H29N5. The number of aromatic nitrogens is 5. The lowest BCUT2D eigenvalue weighted by Gasteiger charge is -2.14. The molecule has 5 nitrogen and oxygen atoms in total. The van der Waals surface area contributed by atoms with Crippen LogP contribution in [0.5, 0.6) is 0 Å². The molecule has 0 atom stereocenters. The average molecular weight is 640 g/mol. The molecule has 0 aliphatic carbocycles. The minimum Gasteiger partial charge on any atom is -0.307 e. The van der Waals surface area contributed by atoms with Crippen LogP contribution < -0.4 is 0 Å². The van der Waals surface area contributed by atoms with Crippen LogP contribution in [0.1, 0.15) is 0 Å². The Morgan fingerprint density at radius 2 is 0.780 bits per heavy atom. The third kappa shape index (κ3) is 4.45. The smallest absolute Gasteiger partial charge is 0.238 e. The van der Waals surface area contributed by atoms with Gasteiger partial charge in [-0.25, -0.2) is 4.98 Å². The van der Waals surface area contributed by atoms with E-state index in [4.69, 9.17) is 15.0 Å². The number of nitrogens with zero attached hydrogens (tertiary/aromatic N) is 5. The van der Waals surface area contributed by atoms with E-state index >= 15 is 0 Å². The van der Waals surface area contributed by atoms with Gasteiger partial charge in [0.05, 0.1) is 22.1 Å². The summed E-state index contributed by atoms with van der Waals surface area (Å²) in [6, 6.07) is 61.5. The molecule has 10 aromatic rings. The highest BCUT2D eigenvalue weighted by atomic mass is 15.2. The van der Waals surface area contributed by atoms with Crippen LogP contribution in [0.3, 0.4) is 0 Å². The molecule has 0 unspecified atom stereocenters. The summed E-state index contributed by atoms with van der Waals surface area (Å²) >= 11 is 0. The van der Waals surface area contributed by atoms with Crippen molar-refractivity contribution in [3.63, 3.8) is 0 Å². The fourth-order valence-corrected chi connectivity index (χ4v) is 7.33. The molecule has 0 radical (unpaired) electrons. The predicted octanol–water partition coefficient (Wildman–Crippen LogP) is 11.1. The number of para-hydroxylation sites is 2. The van der Waals surface area contributed by atoms with Gasteiger partial charge in [-0.05, 0) is 35.4 Å². The van der Waals surface area contributed by atoms with E-state index in [9.17, 15) is 0 Å². The molecule has 10 rings (SSSR count). The fraction of sp³-hybridized carbons (Fsp3) is 0. The van der Waals surface area contributed by atoms with E-state index in [0.29, 0.717) is 17.6 Å². The van der Waals surface area contributed by atoms with Gasteiger partial charge in [0.15, 0.2) is 11.6 Å². The van der Waals surface area contributed by atoms with Crippen molar-refractivity contribution in [2.45, 2.75) is 0 Å². The van der Waals surface area contributed by atoms with Crippen molar-refractivity contribution in [3.8, 4) is 45.5 Å². The molecule has 50 heavy (non-hydrogen) atoms. The summed E-state index contributed by atoms with van der Waals surface area (Å²) in [7, 11) is 0. The van der Waals surface area contributed by atoms with E-state index in [1.807, 2.05) is 36.4 Å². The molecule has 0 aliphatic heterocycles. The Bertz CT molecular complexity index is 2800. The molecule has 0 N–H and O–H groups in total. The van der Waals surface area contributed by atoms with Crippen molar-refractivity contribution < 1.29 is 0 Å². The van der Waals surface area contributed by atoms with Gasteiger partial charge < -0.3 is 4.57 Å². The molecule has 234 valence electrons. The van der Waals surface area contributed by atoms with Crippen molar-refractivity contribution in [2.24, 2.45) is 0 Å². The van der Waals surface area contributed by atoms with Gasteiger partial charge in [-0.3, -0.25) is 4.57 Å². The van der Waals surface area contributed by atoms with E-state index in [0.717, 1.165) is 49.7 Å². The molecule has 0 amide bonds. The largest absolute Gasteiger partial charge is 0.307 e. The van der Waals surface area contributed by atoms with Crippen molar-refractivity contribution in [1.82, 2.24) is 24.1 Å². The maximum Gasteiger partial charge on any atom is 0.238 e. The van der Waals surface area contributed by atoms with Crippen LogP contribution in [-0.4, -0.2) is 24.1 Å². The lowest BCUT2D eigenvalue weighted by Crippen LogP contribution is -2.07. The van der Waals surface area contributed by atoms with Gasteiger partial charge >= 0.3 is 0 Å². The summed E-state index contributed by atoms with van der Waals surface area (Å²) in [6.07, 6.45) is 0. The second-order valence-electron chi connectivity index (χ2n) is 12.5. The molecular weight excluding hydrogens is 611 g/mol. The van der Waals surface area contributed by atoms with Crippen molar-refractivity contribution in [1.29, 1.82) is 0 Å². The fourth-order valence-electron chi connectivity index (χ4n) is 7.33. The van der Waals surface area contributed by atoms with Crippen LogP contribution in [0.25, 0.3) is 89.2 Å². The summed E-state index contributed by atoms with van der Waals surface area (Å²) in [5.74, 6) is 1.83. The minimum atomic E-state index is 0.575. The first-order valence-corrected chi connectivity index (χ1v) is 16.8. The van der Waals surface area contributed by atoms with E-state index < -0.39 is 0 Å². The first-order valence-electron chi connectivity index (χ1n) is 16.8. The van der Waals surface area contributed by atoms with Crippen molar-refractivity contribution in [3.05, 3.63) is 176 Å². The third-order valence-electron chi connectivity index (χ3n) is 9.57. The maximum absolute atomic E-state index is 5.22. The number of rotatable bonds is 5. The molecule has 5 heteroatoms. The van der Waals surface area contributed by atoms with Gasteiger partial charge in [-0.2, -0.15) is 9.97 Å². The van der Waals surface area contributed by atoms with Crippen LogP contribution in [0.2, 0.25) is 0 Å². The highest BCUT2D eigenvalue weighted by Gasteiger charge is 2.23. The molecule has 0 saturated heterocycles. The van der Waals surface area contributed by atoms with Crippen molar-refractivity contribution >= 4 is 43.6 Å². The SMILES string of the molecule is c1ccc(-c2cccc(-n3c4ccccc4c4ccc5c6ccccc6n(-c6nc(-c7ccccc7)nc(-c7ccccc7)n6)c5c43)c2)cc1. The van der Waals surface area contributed by atoms with Crippen LogP contribution in [-0.2, 0) is 0 Å². The summed E-state index contributed by atoms with van der Waals surface area (Å²) in [6.45, 7) is 0. The maximum atomic E-state index is 5.22. The lowest BCUT2D eigenvalue weighted by atomic mass is 10.1. The summed E-state index contributed by atoms with van der Waals surface area (Å²) in [5, 5.41) is 4.64. The van der Waals surface area contributed by atoms with Gasteiger partial charge in [-0.15, -0.1) is 0 Å². The van der Waals surface area contributed by atoms with Gasteiger partial charge in [0, 0.05) is 38.4 Å². The predicted molar refractivity (Wildman–Crippen MR) is 205 cm³/mol. The number of benzene rings is 7. The van der Waals surface area contributed by atoms with Crippen LogP contribution in [0.4, 0.5) is 0 Å². The Kier molecular flexibility index (Phi) is 6.42. The number of fused-ring (bicyclic) bond motifs is 7. The molecule has 3 heterocycles. The Morgan fingerprint density at radius 3 is 1.36 bits per heavy atom. The molecule has 0 aliphatic rings. The Hall–Kier alpha value is -6.85. The van der Waals surface area contributed by atoms with E-state index in [1.165, 1.54) is 21.9 Å². The minimum absolute atomic E-state index is 0.575. The zero-order valence-corrected chi connectivity index (χ0v) is 27.0. The second kappa shape index (κ2) is 11.4. The second-order valence-corrected chi connectivity index (χ2v) is 12.5. The van der Waals surface area contributed by atoms with Gasteiger partial charge in [0.2, 0.25) is 5.95 Å². The first-order chi connectivity index (χ1) is 24.8. The molecule has 0 spiro atoms. The van der Waals surface area contributed by atoms with Crippen LogP contribution >= 0.6 is 0 Å². The Labute approximate surface area is 288 Å². The van der Waals surface area contributed by atoms with E-state index in [1.54, 1.807) is 0 Å². The van der Waals surface area contributed by atoms with Crippen LogP contribution in [0, 0.1) is 0 Å². The topological polar surface area (TPSA) is 48.5 Å². The highest BCUT2D eigenvalue weighted by Crippen LogP contribution is 2.42. The zero-order chi connectivity index (χ0) is 33.0. The van der Waals surface area contributed by atoms with E-state index in [2.05, 4.69) is 149 Å². The van der Waals surface area contributed by atoms with Gasteiger partial charge in [-0.1, -0.05) is 152 Å². The van der Waals surface area contributed by atoms with Crippen LogP contribution in [0.15, 0.2) is 176 Å². The molecule has 0 bridgehead atoms. The third-order valence-corrected chi connectivity index (χ3v) is 9.57. The lowest BCUT2D eigenvalue weighted by molar-refractivity contribution is 0.953. The van der Waals surface area contributed by atoms with Crippen molar-refractivity contribution in [2.75, 3.05) is 0 Å². The van der Waals surface area contributed by atoms with E-state index in [-0.39, 0.29) is 0 Å². The number of hydrogen-bond acceptors (Lipinski definition) is 3. The average Bonchev–Trinajstić information content (AvgIpc) is 3.72. The monoisotopic (exact) mass is 639 g/mol. The molecule has 0 fully saturated rings. The summed E-state index contributed by atoms with van der Waals surface area (Å²) < 4.78 is 4.65. The molecule has 0 saturated carbocycles.